The zero-order valence-corrected chi connectivity index (χ0v) is 14.6. The highest BCUT2D eigenvalue weighted by molar-refractivity contribution is 14.1. The third kappa shape index (κ3) is 4.43. The van der Waals surface area contributed by atoms with Crippen LogP contribution in [0.2, 0.25) is 0 Å². The van der Waals surface area contributed by atoms with Gasteiger partial charge in [0.25, 0.3) is 0 Å². The van der Waals surface area contributed by atoms with Crippen LogP contribution in [0.3, 0.4) is 0 Å². The normalized spacial score (nSPS) is 21.7. The van der Waals surface area contributed by atoms with E-state index in [1.807, 2.05) is 25.1 Å². The Balaban J connectivity index is 1.94. The van der Waals surface area contributed by atoms with Crippen LogP contribution in [0.15, 0.2) is 18.2 Å². The summed E-state index contributed by atoms with van der Waals surface area (Å²) in [6.07, 6.45) is 4.40. The number of anilines is 1. The molecule has 2 N–H and O–H groups in total. The molecule has 0 saturated heterocycles. The molecule has 1 aliphatic rings. The van der Waals surface area contributed by atoms with Gasteiger partial charge in [-0.05, 0) is 72.0 Å². The molecule has 114 valence electrons. The Kier molecular flexibility index (Phi) is 5.61. The van der Waals surface area contributed by atoms with Gasteiger partial charge in [-0.3, -0.25) is 9.59 Å². The predicted molar refractivity (Wildman–Crippen MR) is 92.1 cm³/mol. The third-order valence-electron chi connectivity index (χ3n) is 4.07. The van der Waals surface area contributed by atoms with E-state index in [1.165, 1.54) is 6.42 Å². The molecule has 2 rings (SSSR count). The van der Waals surface area contributed by atoms with E-state index in [2.05, 4.69) is 40.1 Å². The van der Waals surface area contributed by atoms with Gasteiger partial charge in [0.2, 0.25) is 0 Å². The van der Waals surface area contributed by atoms with Crippen LogP contribution in [0.25, 0.3) is 0 Å². The lowest BCUT2D eigenvalue weighted by Gasteiger charge is -2.29. The van der Waals surface area contributed by atoms with Gasteiger partial charge in [0.05, 0.1) is 0 Å². The number of benzene rings is 1. The Morgan fingerprint density at radius 2 is 1.90 bits per heavy atom. The maximum Gasteiger partial charge on any atom is 0.313 e. The topological polar surface area (TPSA) is 58.2 Å². The molecule has 4 nitrogen and oxygen atoms in total. The van der Waals surface area contributed by atoms with Crippen LogP contribution >= 0.6 is 22.6 Å². The first kappa shape index (κ1) is 16.3. The fraction of sp³-hybridized carbons (Fsp3) is 0.500. The van der Waals surface area contributed by atoms with Crippen molar-refractivity contribution in [3.8, 4) is 0 Å². The molecular formula is C16H21IN2O2. The lowest BCUT2D eigenvalue weighted by molar-refractivity contribution is -0.137. The minimum Gasteiger partial charge on any atom is -0.345 e. The zero-order chi connectivity index (χ0) is 15.4. The molecule has 2 amide bonds. The van der Waals surface area contributed by atoms with E-state index < -0.39 is 11.8 Å². The number of hydrogen-bond acceptors (Lipinski definition) is 2. The van der Waals surface area contributed by atoms with Gasteiger partial charge < -0.3 is 10.6 Å². The number of nitrogens with one attached hydrogen (secondary N) is 2. The monoisotopic (exact) mass is 400 g/mol. The molecule has 0 aliphatic heterocycles. The average molecular weight is 400 g/mol. The van der Waals surface area contributed by atoms with Gasteiger partial charge in [-0.2, -0.15) is 0 Å². The molecule has 0 spiro atoms. The highest BCUT2D eigenvalue weighted by Gasteiger charge is 2.25. The van der Waals surface area contributed by atoms with Crippen molar-refractivity contribution >= 4 is 40.1 Å². The largest absolute Gasteiger partial charge is 0.345 e. The zero-order valence-electron chi connectivity index (χ0n) is 12.4. The number of carbonyl (C=O) groups is 2. The van der Waals surface area contributed by atoms with E-state index in [4.69, 9.17) is 0 Å². The summed E-state index contributed by atoms with van der Waals surface area (Å²) in [4.78, 5) is 24.0. The fourth-order valence-corrected chi connectivity index (χ4v) is 3.36. The lowest BCUT2D eigenvalue weighted by atomic mass is 9.86. The number of amides is 2. The summed E-state index contributed by atoms with van der Waals surface area (Å²) in [5, 5.41) is 5.55. The molecule has 1 aliphatic carbocycles. The van der Waals surface area contributed by atoms with Crippen molar-refractivity contribution in [2.24, 2.45) is 5.92 Å². The summed E-state index contributed by atoms with van der Waals surface area (Å²) in [6, 6.07) is 5.82. The Morgan fingerprint density at radius 3 is 2.57 bits per heavy atom. The second-order valence-electron chi connectivity index (χ2n) is 5.76. The second kappa shape index (κ2) is 7.24. The predicted octanol–water partition coefficient (Wildman–Crippen LogP) is 3.23. The molecule has 1 aromatic rings. The van der Waals surface area contributed by atoms with Gasteiger partial charge >= 0.3 is 11.8 Å². The highest BCUT2D eigenvalue weighted by atomic mass is 127. The van der Waals surface area contributed by atoms with E-state index in [9.17, 15) is 9.59 Å². The van der Waals surface area contributed by atoms with Crippen molar-refractivity contribution in [3.63, 3.8) is 0 Å². The maximum atomic E-state index is 12.0. The van der Waals surface area contributed by atoms with Gasteiger partial charge in [0.15, 0.2) is 0 Å². The molecule has 0 aromatic heterocycles. The van der Waals surface area contributed by atoms with Gasteiger partial charge in [-0.1, -0.05) is 19.8 Å². The van der Waals surface area contributed by atoms with E-state index in [-0.39, 0.29) is 6.04 Å². The van der Waals surface area contributed by atoms with Crippen LogP contribution in [0.4, 0.5) is 5.69 Å². The molecular weight excluding hydrogens is 379 g/mol. The van der Waals surface area contributed by atoms with Crippen molar-refractivity contribution in [2.45, 2.75) is 45.6 Å². The van der Waals surface area contributed by atoms with Crippen LogP contribution in [-0.2, 0) is 9.59 Å². The highest BCUT2D eigenvalue weighted by Crippen LogP contribution is 2.23. The third-order valence-corrected chi connectivity index (χ3v) is 4.74. The van der Waals surface area contributed by atoms with Crippen LogP contribution in [0, 0.1) is 16.4 Å². The van der Waals surface area contributed by atoms with E-state index >= 15 is 0 Å². The maximum absolute atomic E-state index is 12.0. The standard InChI is InChI=1S/C16H21IN2O2/c1-10-5-3-4-6-13(10)18-15(20)16(21)19-14-8-7-12(17)9-11(14)2/h7-10,13H,3-6H2,1-2H3,(H,18,20)(H,19,21). The minimum absolute atomic E-state index is 0.120. The van der Waals surface area contributed by atoms with Crippen LogP contribution in [-0.4, -0.2) is 17.9 Å². The van der Waals surface area contributed by atoms with E-state index in [0.717, 1.165) is 28.4 Å². The molecule has 5 heteroatoms. The fourth-order valence-electron chi connectivity index (χ4n) is 2.71. The Bertz CT molecular complexity index is 545. The van der Waals surface area contributed by atoms with Crippen molar-refractivity contribution in [1.29, 1.82) is 0 Å². The number of carbonyl (C=O) groups excluding carboxylic acids is 2. The van der Waals surface area contributed by atoms with E-state index in [0.29, 0.717) is 11.6 Å². The molecule has 1 saturated carbocycles. The quantitative estimate of drug-likeness (QED) is 0.592. The van der Waals surface area contributed by atoms with Crippen LogP contribution in [0.5, 0.6) is 0 Å². The first-order valence-electron chi connectivity index (χ1n) is 7.35. The summed E-state index contributed by atoms with van der Waals surface area (Å²) in [6.45, 7) is 4.05. The summed E-state index contributed by atoms with van der Waals surface area (Å²) in [5.74, 6) is -0.681. The van der Waals surface area contributed by atoms with Crippen molar-refractivity contribution in [1.82, 2.24) is 5.32 Å². The van der Waals surface area contributed by atoms with Gasteiger partial charge in [-0.25, -0.2) is 0 Å². The molecule has 0 bridgehead atoms. The number of hydrogen-bond donors (Lipinski definition) is 2. The Morgan fingerprint density at radius 1 is 1.19 bits per heavy atom. The van der Waals surface area contributed by atoms with Crippen LogP contribution < -0.4 is 10.6 Å². The van der Waals surface area contributed by atoms with E-state index in [1.54, 1.807) is 0 Å². The molecule has 1 aromatic carbocycles. The first-order valence-corrected chi connectivity index (χ1v) is 8.43. The number of rotatable bonds is 2. The van der Waals surface area contributed by atoms with Gasteiger partial charge in [0.1, 0.15) is 0 Å². The number of aryl methyl sites for hydroxylation is 1. The molecule has 21 heavy (non-hydrogen) atoms. The summed E-state index contributed by atoms with van der Waals surface area (Å²) < 4.78 is 1.10. The Hall–Kier alpha value is -1.11. The minimum atomic E-state index is -0.586. The molecule has 0 radical (unpaired) electrons. The first-order chi connectivity index (χ1) is 9.97. The average Bonchev–Trinajstić information content (AvgIpc) is 2.44. The van der Waals surface area contributed by atoms with Gasteiger partial charge in [0, 0.05) is 15.3 Å². The molecule has 1 fully saturated rings. The molecule has 0 heterocycles. The molecule has 2 atom stereocenters. The lowest BCUT2D eigenvalue weighted by Crippen LogP contribution is -2.45. The van der Waals surface area contributed by atoms with Crippen molar-refractivity contribution in [3.05, 3.63) is 27.3 Å². The summed E-state index contributed by atoms with van der Waals surface area (Å²) in [5.41, 5.74) is 1.64. The summed E-state index contributed by atoms with van der Waals surface area (Å²) >= 11 is 2.22. The van der Waals surface area contributed by atoms with Crippen LogP contribution in [0.1, 0.15) is 38.2 Å². The summed E-state index contributed by atoms with van der Waals surface area (Å²) in [7, 11) is 0. The SMILES string of the molecule is Cc1cc(I)ccc1NC(=O)C(=O)NC1CCCCC1C. The second-order valence-corrected chi connectivity index (χ2v) is 7.00. The van der Waals surface area contributed by atoms with Crippen molar-refractivity contribution < 1.29 is 9.59 Å². The smallest absolute Gasteiger partial charge is 0.313 e. The molecule has 2 unspecified atom stereocenters. The number of halogens is 1. The Labute approximate surface area is 139 Å². The van der Waals surface area contributed by atoms with Crippen molar-refractivity contribution in [2.75, 3.05) is 5.32 Å². The van der Waals surface area contributed by atoms with Gasteiger partial charge in [-0.15, -0.1) is 0 Å².